The molecule has 1 unspecified atom stereocenters. The zero-order chi connectivity index (χ0) is 17.0. The van der Waals surface area contributed by atoms with Crippen molar-refractivity contribution < 1.29 is 14.7 Å². The van der Waals surface area contributed by atoms with Crippen molar-refractivity contribution in [3.63, 3.8) is 0 Å². The Balaban J connectivity index is 2.38. The molecule has 0 heterocycles. The molecule has 2 rings (SSSR count). The normalized spacial score (nSPS) is 13.5. The highest BCUT2D eigenvalue weighted by atomic mass is 35.5. The number of alkyl halides is 1. The summed E-state index contributed by atoms with van der Waals surface area (Å²) in [5, 5.41) is 11.2. The van der Waals surface area contributed by atoms with Crippen LogP contribution in [0.25, 0.3) is 10.8 Å². The molecule has 0 saturated heterocycles. The first kappa shape index (κ1) is 17.3. The van der Waals surface area contributed by atoms with Crippen LogP contribution in [-0.4, -0.2) is 28.4 Å². The van der Waals surface area contributed by atoms with Crippen LogP contribution in [0.5, 0.6) is 0 Å². The maximum absolute atomic E-state index is 12.5. The first-order chi connectivity index (χ1) is 10.9. The first-order valence-corrected chi connectivity index (χ1v) is 8.01. The molecule has 0 aromatic heterocycles. The van der Waals surface area contributed by atoms with Gasteiger partial charge in [-0.25, -0.2) is 4.79 Å². The van der Waals surface area contributed by atoms with Gasteiger partial charge in [0.2, 0.25) is 5.91 Å². The Hall–Kier alpha value is -2.07. The number of fused-ring (bicyclic) bond motifs is 1. The summed E-state index contributed by atoms with van der Waals surface area (Å²) in [4.78, 5) is 25.3. The molecule has 1 N–H and O–H groups in total. The van der Waals surface area contributed by atoms with Gasteiger partial charge in [-0.1, -0.05) is 30.3 Å². The monoisotopic (exact) mass is 333 g/mol. The molecule has 0 radical (unpaired) electrons. The lowest BCUT2D eigenvalue weighted by Gasteiger charge is -2.27. The quantitative estimate of drug-likeness (QED) is 0.811. The highest BCUT2D eigenvalue weighted by Crippen LogP contribution is 2.25. The number of hydrogen-bond acceptors (Lipinski definition) is 2. The second kappa shape index (κ2) is 7.47. The Kier molecular flexibility index (Phi) is 5.61. The van der Waals surface area contributed by atoms with Gasteiger partial charge >= 0.3 is 5.97 Å². The topological polar surface area (TPSA) is 57.6 Å². The van der Waals surface area contributed by atoms with Crippen molar-refractivity contribution in [2.75, 3.05) is 4.90 Å². The second-order valence-corrected chi connectivity index (χ2v) is 6.37. The fourth-order valence-corrected chi connectivity index (χ4v) is 2.57. The number of carbonyl (C=O) groups is 2. The smallest absolute Gasteiger partial charge is 0.326 e. The Morgan fingerprint density at radius 3 is 2.39 bits per heavy atom. The molecule has 2 atom stereocenters. The zero-order valence-corrected chi connectivity index (χ0v) is 14.0. The summed E-state index contributed by atoms with van der Waals surface area (Å²) < 4.78 is 0. The Morgan fingerprint density at radius 2 is 1.78 bits per heavy atom. The van der Waals surface area contributed by atoms with Gasteiger partial charge in [0, 0.05) is 17.5 Å². The number of carboxylic acids is 1. The average Bonchev–Trinajstić information content (AvgIpc) is 2.52. The van der Waals surface area contributed by atoms with Crippen LogP contribution >= 0.6 is 11.6 Å². The first-order valence-electron chi connectivity index (χ1n) is 7.58. The van der Waals surface area contributed by atoms with E-state index in [-0.39, 0.29) is 17.7 Å². The van der Waals surface area contributed by atoms with E-state index in [2.05, 4.69) is 0 Å². The number of rotatable bonds is 6. The molecule has 0 aliphatic rings. The molecular formula is C18H20ClNO3. The molecule has 1 amide bonds. The Bertz CT molecular complexity index is 714. The van der Waals surface area contributed by atoms with Crippen LogP contribution in [0.2, 0.25) is 0 Å². The third-order valence-corrected chi connectivity index (χ3v) is 4.00. The molecular weight excluding hydrogens is 314 g/mol. The third kappa shape index (κ3) is 4.23. The summed E-state index contributed by atoms with van der Waals surface area (Å²) in [6.07, 6.45) is 0.728. The predicted octanol–water partition coefficient (Wildman–Crippen LogP) is 4.05. The van der Waals surface area contributed by atoms with Gasteiger partial charge in [0.25, 0.3) is 0 Å². The molecule has 0 bridgehead atoms. The van der Waals surface area contributed by atoms with Crippen LogP contribution in [-0.2, 0) is 9.59 Å². The Morgan fingerprint density at radius 1 is 1.13 bits per heavy atom. The van der Waals surface area contributed by atoms with E-state index < -0.39 is 12.0 Å². The van der Waals surface area contributed by atoms with E-state index in [0.717, 1.165) is 10.8 Å². The fraction of sp³-hybridized carbons (Fsp3) is 0.333. The number of hydrogen-bond donors (Lipinski definition) is 1. The minimum absolute atomic E-state index is 0.127. The summed E-state index contributed by atoms with van der Waals surface area (Å²) in [5.74, 6) is -1.27. The molecule has 2 aromatic carbocycles. The summed E-state index contributed by atoms with van der Waals surface area (Å²) in [6, 6.07) is 12.3. The SMILES string of the molecule is CC(Cl)CCC(=O)N(c1ccc2ccccc2c1)[C@H](C)C(=O)O. The number of nitrogens with zero attached hydrogens (tertiary/aromatic N) is 1. The van der Waals surface area contributed by atoms with Gasteiger partial charge in [0.15, 0.2) is 0 Å². The van der Waals surface area contributed by atoms with Gasteiger partial charge in [-0.3, -0.25) is 9.69 Å². The number of benzene rings is 2. The number of carboxylic acid groups (broad SMARTS) is 1. The van der Waals surface area contributed by atoms with Gasteiger partial charge in [-0.05, 0) is 43.2 Å². The third-order valence-electron chi connectivity index (χ3n) is 3.78. The number of carbonyl (C=O) groups excluding carboxylic acids is 1. The van der Waals surface area contributed by atoms with Crippen LogP contribution in [0.1, 0.15) is 26.7 Å². The Labute approximate surface area is 140 Å². The van der Waals surface area contributed by atoms with E-state index in [0.29, 0.717) is 12.1 Å². The molecule has 5 heteroatoms. The van der Waals surface area contributed by atoms with Crippen molar-refractivity contribution in [3.05, 3.63) is 42.5 Å². The minimum atomic E-state index is -1.04. The van der Waals surface area contributed by atoms with Crippen LogP contribution in [0.15, 0.2) is 42.5 Å². The van der Waals surface area contributed by atoms with Crippen molar-refractivity contribution in [3.8, 4) is 0 Å². The van der Waals surface area contributed by atoms with Crippen molar-refractivity contribution >= 4 is 39.9 Å². The predicted molar refractivity (Wildman–Crippen MR) is 93.1 cm³/mol. The van der Waals surface area contributed by atoms with Crippen molar-refractivity contribution in [2.45, 2.75) is 38.1 Å². The second-order valence-electron chi connectivity index (χ2n) is 5.63. The lowest BCUT2D eigenvalue weighted by molar-refractivity contribution is -0.139. The van der Waals surface area contributed by atoms with E-state index in [1.807, 2.05) is 43.3 Å². The van der Waals surface area contributed by atoms with Crippen molar-refractivity contribution in [2.24, 2.45) is 0 Å². The summed E-state index contributed by atoms with van der Waals surface area (Å²) in [7, 11) is 0. The fourth-order valence-electron chi connectivity index (χ4n) is 2.46. The zero-order valence-electron chi connectivity index (χ0n) is 13.2. The molecule has 0 aliphatic carbocycles. The van der Waals surface area contributed by atoms with Crippen LogP contribution < -0.4 is 4.90 Å². The number of halogens is 1. The van der Waals surface area contributed by atoms with E-state index in [4.69, 9.17) is 11.6 Å². The molecule has 0 fully saturated rings. The largest absolute Gasteiger partial charge is 0.480 e. The van der Waals surface area contributed by atoms with Gasteiger partial charge in [0.05, 0.1) is 0 Å². The van der Waals surface area contributed by atoms with Gasteiger partial charge in [-0.2, -0.15) is 0 Å². The molecule has 0 spiro atoms. The van der Waals surface area contributed by atoms with Gasteiger partial charge in [0.1, 0.15) is 6.04 Å². The summed E-state index contributed by atoms with van der Waals surface area (Å²) in [5.41, 5.74) is 0.589. The van der Waals surface area contributed by atoms with E-state index in [1.54, 1.807) is 6.07 Å². The molecule has 4 nitrogen and oxygen atoms in total. The van der Waals surface area contributed by atoms with E-state index >= 15 is 0 Å². The number of amides is 1. The standard InChI is InChI=1S/C18H20ClNO3/c1-12(19)7-10-17(21)20(13(2)18(22)23)16-9-8-14-5-3-4-6-15(14)11-16/h3-6,8-9,11-13H,7,10H2,1-2H3,(H,22,23)/t12?,13-/m1/s1. The highest BCUT2D eigenvalue weighted by Gasteiger charge is 2.27. The lowest BCUT2D eigenvalue weighted by atomic mass is 10.1. The average molecular weight is 334 g/mol. The van der Waals surface area contributed by atoms with Crippen molar-refractivity contribution in [1.82, 2.24) is 0 Å². The molecule has 23 heavy (non-hydrogen) atoms. The van der Waals surface area contributed by atoms with E-state index in [1.165, 1.54) is 11.8 Å². The highest BCUT2D eigenvalue weighted by molar-refractivity contribution is 6.20. The molecule has 0 saturated carbocycles. The van der Waals surface area contributed by atoms with Crippen molar-refractivity contribution in [1.29, 1.82) is 0 Å². The molecule has 122 valence electrons. The van der Waals surface area contributed by atoms with E-state index in [9.17, 15) is 14.7 Å². The molecule has 0 aliphatic heterocycles. The van der Waals surface area contributed by atoms with Crippen LogP contribution in [0, 0.1) is 0 Å². The number of anilines is 1. The molecule has 2 aromatic rings. The maximum atomic E-state index is 12.5. The number of aliphatic carboxylic acids is 1. The van der Waals surface area contributed by atoms with Gasteiger partial charge < -0.3 is 5.11 Å². The summed E-state index contributed by atoms with van der Waals surface area (Å²) >= 11 is 5.91. The summed E-state index contributed by atoms with van der Waals surface area (Å²) in [6.45, 7) is 3.33. The maximum Gasteiger partial charge on any atom is 0.326 e. The van der Waals surface area contributed by atoms with Gasteiger partial charge in [-0.15, -0.1) is 11.6 Å². The minimum Gasteiger partial charge on any atom is -0.480 e. The van der Waals surface area contributed by atoms with Crippen LogP contribution in [0.3, 0.4) is 0 Å². The van der Waals surface area contributed by atoms with Crippen LogP contribution in [0.4, 0.5) is 5.69 Å². The lowest BCUT2D eigenvalue weighted by Crippen LogP contribution is -2.43.